The van der Waals surface area contributed by atoms with Gasteiger partial charge in [0.25, 0.3) is 0 Å². The van der Waals surface area contributed by atoms with Gasteiger partial charge in [0.2, 0.25) is 5.52 Å². The smallest absolute Gasteiger partial charge is 0.307 e. The van der Waals surface area contributed by atoms with E-state index in [1.165, 1.54) is 0 Å². The van der Waals surface area contributed by atoms with Gasteiger partial charge in [-0.1, -0.05) is 11.8 Å². The molecule has 1 rings (SSSR count). The zero-order chi connectivity index (χ0) is 21.6. The molecule has 0 aliphatic heterocycles. The number of nitrogens with one attached hydrogen (secondary N) is 1. The normalized spacial score (nSPS) is 12.6. The molecule has 12 heteroatoms. The highest BCUT2D eigenvalue weighted by Crippen LogP contribution is 2.69. The van der Waals surface area contributed by atoms with Gasteiger partial charge in [-0.2, -0.15) is 0 Å². The van der Waals surface area contributed by atoms with Crippen molar-refractivity contribution in [2.24, 2.45) is 0 Å². The zero-order valence-corrected chi connectivity index (χ0v) is 20.2. The van der Waals surface area contributed by atoms with Gasteiger partial charge in [-0.25, -0.2) is 9.97 Å². The number of nitrogens with zero attached hydrogens (tertiary/aromatic N) is 2. The maximum absolute atomic E-state index is 13.4. The van der Waals surface area contributed by atoms with E-state index in [-0.39, 0.29) is 26.4 Å². The Bertz CT molecular complexity index is 605. The minimum Gasteiger partial charge on any atom is -0.307 e. The van der Waals surface area contributed by atoms with Crippen LogP contribution >= 0.6 is 27.0 Å². The first-order chi connectivity index (χ1) is 14.0. The van der Waals surface area contributed by atoms with Crippen LogP contribution in [0.3, 0.4) is 0 Å². The average molecular weight is 469 g/mol. The summed E-state index contributed by atoms with van der Waals surface area (Å²) in [6, 6.07) is 1.78. The predicted octanol–water partition coefficient (Wildman–Crippen LogP) is 4.75. The molecule has 0 aliphatic rings. The maximum atomic E-state index is 13.4. The summed E-state index contributed by atoms with van der Waals surface area (Å²) in [5.41, 5.74) is -1.18. The fourth-order valence-corrected chi connectivity index (χ4v) is 8.30. The first kappa shape index (κ1) is 26.7. The summed E-state index contributed by atoms with van der Waals surface area (Å²) >= 11 is 1.56. The Morgan fingerprint density at radius 1 is 0.897 bits per heavy atom. The molecule has 0 spiro atoms. The minimum absolute atomic E-state index is 0.154. The monoisotopic (exact) mass is 469 g/mol. The van der Waals surface area contributed by atoms with E-state index in [0.717, 1.165) is 23.8 Å². The van der Waals surface area contributed by atoms with E-state index in [9.17, 15) is 9.13 Å². The quantitative estimate of drug-likeness (QED) is 0.148. The lowest BCUT2D eigenvalue weighted by atomic mass is 10.3. The van der Waals surface area contributed by atoms with Crippen molar-refractivity contribution in [1.29, 1.82) is 0 Å². The molecule has 0 unspecified atom stereocenters. The summed E-state index contributed by atoms with van der Waals surface area (Å²) in [6.45, 7) is 7.90. The Morgan fingerprint density at radius 2 is 1.38 bits per heavy atom. The molecule has 1 N–H and O–H groups in total. The third-order valence-electron chi connectivity index (χ3n) is 3.51. The second kappa shape index (κ2) is 14.7. The van der Waals surface area contributed by atoms with Crippen molar-refractivity contribution in [1.82, 2.24) is 15.3 Å². The van der Waals surface area contributed by atoms with E-state index in [1.807, 2.05) is 0 Å². The first-order valence-corrected chi connectivity index (χ1v) is 14.1. The van der Waals surface area contributed by atoms with Crippen LogP contribution in [0.2, 0.25) is 0 Å². The van der Waals surface area contributed by atoms with Crippen LogP contribution in [0.5, 0.6) is 0 Å². The number of unbranched alkanes of at least 4 members (excludes halogenated alkanes) is 1. The topological polar surface area (TPSA) is 109 Å². The maximum Gasteiger partial charge on any atom is 0.359 e. The van der Waals surface area contributed by atoms with Crippen LogP contribution in [0.1, 0.15) is 40.5 Å². The number of hydrogen-bond donors (Lipinski definition) is 1. The molecule has 0 aliphatic carbocycles. The third kappa shape index (κ3) is 9.15. The highest BCUT2D eigenvalue weighted by atomic mass is 32.2. The highest BCUT2D eigenvalue weighted by molar-refractivity contribution is 7.99. The number of aromatic nitrogens is 2. The number of hydrogen-bond acceptors (Lipinski definition) is 10. The third-order valence-corrected chi connectivity index (χ3v) is 10.2. The van der Waals surface area contributed by atoms with Gasteiger partial charge in [-0.15, -0.1) is 0 Å². The van der Waals surface area contributed by atoms with Crippen molar-refractivity contribution in [2.45, 2.75) is 51.2 Å². The molecule has 0 fully saturated rings. The van der Waals surface area contributed by atoms with Crippen molar-refractivity contribution in [3.05, 3.63) is 18.5 Å². The molecule has 9 nitrogen and oxygen atoms in total. The Labute approximate surface area is 178 Å². The Balaban J connectivity index is 2.75. The molecule has 29 heavy (non-hydrogen) atoms. The van der Waals surface area contributed by atoms with E-state index >= 15 is 0 Å². The van der Waals surface area contributed by atoms with E-state index in [0.29, 0.717) is 6.54 Å². The molecular formula is C17H33N3O6P2S. The van der Waals surface area contributed by atoms with Crippen molar-refractivity contribution in [3.63, 3.8) is 0 Å². The zero-order valence-electron chi connectivity index (χ0n) is 17.6. The summed E-state index contributed by atoms with van der Waals surface area (Å²) in [4.78, 5) is 8.34. The van der Waals surface area contributed by atoms with Crippen LogP contribution in [-0.2, 0) is 27.2 Å². The molecule has 0 atom stereocenters. The SMILES string of the molecule is CCOP(=O)(OCC)C(NCCCCSc1ncccn1)P(=O)(OCC)OCC. The average Bonchev–Trinajstić information content (AvgIpc) is 2.68. The minimum atomic E-state index is -3.76. The molecule has 0 saturated heterocycles. The molecule has 0 saturated carbocycles. The van der Waals surface area contributed by atoms with Crippen LogP contribution in [0.25, 0.3) is 0 Å². The molecular weight excluding hydrogens is 436 g/mol. The van der Waals surface area contributed by atoms with Crippen molar-refractivity contribution in [2.75, 3.05) is 38.7 Å². The van der Waals surface area contributed by atoms with Gasteiger partial charge in [0.1, 0.15) is 0 Å². The Morgan fingerprint density at radius 3 is 1.83 bits per heavy atom. The fraction of sp³-hybridized carbons (Fsp3) is 0.765. The van der Waals surface area contributed by atoms with Crippen molar-refractivity contribution < 1.29 is 27.2 Å². The summed E-state index contributed by atoms with van der Waals surface area (Å²) in [5, 5.41) is 3.80. The summed E-state index contributed by atoms with van der Waals surface area (Å²) in [5.74, 6) is 0.833. The van der Waals surface area contributed by atoms with Gasteiger partial charge >= 0.3 is 15.2 Å². The molecule has 0 bridgehead atoms. The molecule has 1 heterocycles. The molecule has 0 radical (unpaired) electrons. The molecule has 0 amide bonds. The molecule has 1 aromatic rings. The number of thioether (sulfide) groups is 1. The van der Waals surface area contributed by atoms with Crippen LogP contribution in [0.15, 0.2) is 23.6 Å². The predicted molar refractivity (Wildman–Crippen MR) is 115 cm³/mol. The second-order valence-corrected chi connectivity index (χ2v) is 11.4. The van der Waals surface area contributed by atoms with Gasteiger partial charge in [-0.05, 0) is 53.1 Å². The van der Waals surface area contributed by atoms with E-state index in [4.69, 9.17) is 18.1 Å². The Hall–Kier alpha value is -0.310. The van der Waals surface area contributed by atoms with Crippen LogP contribution in [0, 0.1) is 0 Å². The van der Waals surface area contributed by atoms with E-state index < -0.39 is 20.7 Å². The molecule has 1 aromatic heterocycles. The van der Waals surface area contributed by atoms with Crippen LogP contribution in [-0.4, -0.2) is 54.2 Å². The number of rotatable bonds is 17. The van der Waals surface area contributed by atoms with Gasteiger partial charge < -0.3 is 18.1 Å². The Kier molecular flexibility index (Phi) is 13.5. The summed E-state index contributed by atoms with van der Waals surface area (Å²) < 4.78 is 48.4. The summed E-state index contributed by atoms with van der Waals surface area (Å²) in [7, 11) is -7.53. The lowest BCUT2D eigenvalue weighted by Crippen LogP contribution is -2.33. The van der Waals surface area contributed by atoms with Crippen molar-refractivity contribution in [3.8, 4) is 0 Å². The van der Waals surface area contributed by atoms with Gasteiger partial charge in [0.15, 0.2) is 5.16 Å². The van der Waals surface area contributed by atoms with Crippen LogP contribution in [0.4, 0.5) is 0 Å². The van der Waals surface area contributed by atoms with Gasteiger partial charge in [-0.3, -0.25) is 14.4 Å². The summed E-state index contributed by atoms with van der Waals surface area (Å²) in [6.07, 6.45) is 5.04. The molecule has 0 aromatic carbocycles. The lowest BCUT2D eigenvalue weighted by molar-refractivity contribution is 0.190. The van der Waals surface area contributed by atoms with E-state index in [2.05, 4.69) is 15.3 Å². The highest BCUT2D eigenvalue weighted by Gasteiger charge is 2.50. The lowest BCUT2D eigenvalue weighted by Gasteiger charge is -2.31. The van der Waals surface area contributed by atoms with Gasteiger partial charge in [0.05, 0.1) is 26.4 Å². The van der Waals surface area contributed by atoms with E-state index in [1.54, 1.807) is 57.9 Å². The first-order valence-electron chi connectivity index (χ1n) is 9.86. The van der Waals surface area contributed by atoms with Gasteiger partial charge in [0, 0.05) is 18.1 Å². The van der Waals surface area contributed by atoms with Crippen molar-refractivity contribution >= 4 is 27.0 Å². The largest absolute Gasteiger partial charge is 0.359 e. The molecule has 168 valence electrons. The standard InChI is InChI=1S/C17H33N3O6P2S/c1-5-23-27(21,24-6-2)17(28(22,25-7-3)26-8-4)20-12-9-10-15-29-16-18-13-11-14-19-16/h11,13-14,17,20H,5-10,12,15H2,1-4H3. The second-order valence-electron chi connectivity index (χ2n) is 5.67. The van der Waals surface area contributed by atoms with Crippen LogP contribution < -0.4 is 5.32 Å². The fourth-order valence-electron chi connectivity index (χ4n) is 2.46.